The normalized spacial score (nSPS) is 10.5. The maximum atomic E-state index is 5.58. The minimum atomic E-state index is 0.475. The van der Waals surface area contributed by atoms with Crippen molar-refractivity contribution in [3.63, 3.8) is 0 Å². The van der Waals surface area contributed by atoms with E-state index in [-0.39, 0.29) is 0 Å². The Morgan fingerprint density at radius 1 is 1.40 bits per heavy atom. The van der Waals surface area contributed by atoms with Crippen LogP contribution in [0.5, 0.6) is 0 Å². The molecule has 0 atom stereocenters. The zero-order valence-corrected chi connectivity index (χ0v) is 8.59. The summed E-state index contributed by atoms with van der Waals surface area (Å²) < 4.78 is 1.90. The molecule has 0 amide bonds. The highest BCUT2D eigenvalue weighted by Gasteiger charge is 2.03. The fourth-order valence-electron chi connectivity index (χ4n) is 1.38. The van der Waals surface area contributed by atoms with Crippen LogP contribution in [0, 0.1) is 0 Å². The van der Waals surface area contributed by atoms with E-state index < -0.39 is 0 Å². The number of aromatic nitrogens is 4. The van der Waals surface area contributed by atoms with E-state index in [0.29, 0.717) is 5.82 Å². The van der Waals surface area contributed by atoms with Crippen LogP contribution in [0.1, 0.15) is 13.3 Å². The largest absolute Gasteiger partial charge is 0.384 e. The van der Waals surface area contributed by atoms with Crippen molar-refractivity contribution < 1.29 is 0 Å². The highest BCUT2D eigenvalue weighted by atomic mass is 15.3. The van der Waals surface area contributed by atoms with Crippen molar-refractivity contribution >= 4 is 5.82 Å². The van der Waals surface area contributed by atoms with Crippen LogP contribution in [0.3, 0.4) is 0 Å². The maximum absolute atomic E-state index is 5.58. The Morgan fingerprint density at radius 2 is 2.27 bits per heavy atom. The molecular weight excluding hydrogens is 190 g/mol. The third-order valence-electron chi connectivity index (χ3n) is 2.07. The molecular formula is C10H13N5. The summed E-state index contributed by atoms with van der Waals surface area (Å²) in [5, 5.41) is 4.23. The van der Waals surface area contributed by atoms with Gasteiger partial charge in [0.15, 0.2) is 0 Å². The fourth-order valence-corrected chi connectivity index (χ4v) is 1.38. The minimum Gasteiger partial charge on any atom is -0.384 e. The summed E-state index contributed by atoms with van der Waals surface area (Å²) in [4.78, 5) is 7.99. The van der Waals surface area contributed by atoms with Gasteiger partial charge in [0.2, 0.25) is 0 Å². The molecule has 5 nitrogen and oxygen atoms in total. The highest BCUT2D eigenvalue weighted by Crippen LogP contribution is 2.16. The van der Waals surface area contributed by atoms with Crippen LogP contribution in [0.25, 0.3) is 11.3 Å². The first-order valence-electron chi connectivity index (χ1n) is 4.90. The summed E-state index contributed by atoms with van der Waals surface area (Å²) in [6.45, 7) is 3.03. The number of hydrogen-bond acceptors (Lipinski definition) is 4. The van der Waals surface area contributed by atoms with Gasteiger partial charge in [0, 0.05) is 24.4 Å². The van der Waals surface area contributed by atoms with Gasteiger partial charge in [-0.25, -0.2) is 9.97 Å². The molecule has 0 aliphatic heterocycles. The Kier molecular flexibility index (Phi) is 2.62. The van der Waals surface area contributed by atoms with Crippen LogP contribution < -0.4 is 5.73 Å². The maximum Gasteiger partial charge on any atom is 0.127 e. The van der Waals surface area contributed by atoms with Gasteiger partial charge >= 0.3 is 0 Å². The van der Waals surface area contributed by atoms with Gasteiger partial charge < -0.3 is 5.73 Å². The quantitative estimate of drug-likeness (QED) is 0.817. The van der Waals surface area contributed by atoms with Crippen LogP contribution in [0.2, 0.25) is 0 Å². The summed E-state index contributed by atoms with van der Waals surface area (Å²) in [5.74, 6) is 0.475. The van der Waals surface area contributed by atoms with Gasteiger partial charge in [0.1, 0.15) is 12.1 Å². The minimum absolute atomic E-state index is 0.475. The van der Waals surface area contributed by atoms with Gasteiger partial charge in [0.25, 0.3) is 0 Å². The molecule has 0 aliphatic rings. The molecule has 0 aliphatic carbocycles. The highest BCUT2D eigenvalue weighted by molar-refractivity contribution is 5.59. The SMILES string of the molecule is CCCn1cc(-c2cc(N)ncn2)cn1. The summed E-state index contributed by atoms with van der Waals surface area (Å²) in [5.41, 5.74) is 7.36. The Hall–Kier alpha value is -1.91. The lowest BCUT2D eigenvalue weighted by Crippen LogP contribution is -1.95. The predicted octanol–water partition coefficient (Wildman–Crippen LogP) is 1.33. The molecule has 0 saturated heterocycles. The van der Waals surface area contributed by atoms with Crippen LogP contribution >= 0.6 is 0 Å². The molecule has 2 aromatic heterocycles. The van der Waals surface area contributed by atoms with E-state index in [1.807, 2.05) is 10.9 Å². The van der Waals surface area contributed by atoms with Crippen molar-refractivity contribution in [1.29, 1.82) is 0 Å². The van der Waals surface area contributed by atoms with E-state index >= 15 is 0 Å². The first-order chi connectivity index (χ1) is 7.29. The first kappa shape index (κ1) is 9.64. The molecule has 0 spiro atoms. The van der Waals surface area contributed by atoms with E-state index in [0.717, 1.165) is 24.2 Å². The number of anilines is 1. The van der Waals surface area contributed by atoms with Gasteiger partial charge in [-0.2, -0.15) is 5.10 Å². The Balaban J connectivity index is 2.29. The predicted molar refractivity (Wildman–Crippen MR) is 58.0 cm³/mol. The van der Waals surface area contributed by atoms with Crippen molar-refractivity contribution in [2.75, 3.05) is 5.73 Å². The lowest BCUT2D eigenvalue weighted by atomic mass is 10.2. The van der Waals surface area contributed by atoms with Crippen LogP contribution in [-0.2, 0) is 6.54 Å². The number of nitrogens with two attached hydrogens (primary N) is 1. The fraction of sp³-hybridized carbons (Fsp3) is 0.300. The number of hydrogen-bond donors (Lipinski definition) is 1. The molecule has 0 aromatic carbocycles. The van der Waals surface area contributed by atoms with E-state index in [9.17, 15) is 0 Å². The Bertz CT molecular complexity index is 449. The average molecular weight is 203 g/mol. The third-order valence-corrected chi connectivity index (χ3v) is 2.07. The van der Waals surface area contributed by atoms with Crippen molar-refractivity contribution in [3.8, 4) is 11.3 Å². The standard InChI is InChI=1S/C10H13N5/c1-2-3-15-6-8(5-14-15)9-4-10(11)13-7-12-9/h4-7H,2-3H2,1H3,(H2,11,12,13). The lowest BCUT2D eigenvalue weighted by Gasteiger charge is -1.97. The zero-order chi connectivity index (χ0) is 10.7. The molecule has 5 heteroatoms. The Labute approximate surface area is 88.0 Å². The summed E-state index contributed by atoms with van der Waals surface area (Å²) in [6, 6.07) is 1.74. The van der Waals surface area contributed by atoms with Gasteiger partial charge in [0.05, 0.1) is 11.9 Å². The lowest BCUT2D eigenvalue weighted by molar-refractivity contribution is 0.603. The van der Waals surface area contributed by atoms with E-state index in [1.54, 1.807) is 12.3 Å². The average Bonchev–Trinajstić information content (AvgIpc) is 2.67. The molecule has 2 N–H and O–H groups in total. The summed E-state index contributed by atoms with van der Waals surface area (Å²) in [7, 11) is 0. The van der Waals surface area contributed by atoms with Crippen LogP contribution in [0.4, 0.5) is 5.82 Å². The molecule has 0 bridgehead atoms. The van der Waals surface area contributed by atoms with Gasteiger partial charge in [-0.3, -0.25) is 4.68 Å². The van der Waals surface area contributed by atoms with Crippen LogP contribution in [0.15, 0.2) is 24.8 Å². The van der Waals surface area contributed by atoms with Gasteiger partial charge in [-0.15, -0.1) is 0 Å². The number of nitrogens with zero attached hydrogens (tertiary/aromatic N) is 4. The van der Waals surface area contributed by atoms with E-state index in [4.69, 9.17) is 5.73 Å². The second-order valence-electron chi connectivity index (χ2n) is 3.32. The van der Waals surface area contributed by atoms with Crippen molar-refractivity contribution in [3.05, 3.63) is 24.8 Å². The topological polar surface area (TPSA) is 69.6 Å². The van der Waals surface area contributed by atoms with Crippen molar-refractivity contribution in [2.45, 2.75) is 19.9 Å². The second kappa shape index (κ2) is 4.08. The van der Waals surface area contributed by atoms with Gasteiger partial charge in [-0.05, 0) is 6.42 Å². The van der Waals surface area contributed by atoms with Crippen LogP contribution in [-0.4, -0.2) is 19.7 Å². The molecule has 0 saturated carbocycles. The molecule has 2 aromatic rings. The zero-order valence-electron chi connectivity index (χ0n) is 8.59. The number of rotatable bonds is 3. The van der Waals surface area contributed by atoms with Gasteiger partial charge in [-0.1, -0.05) is 6.92 Å². The third kappa shape index (κ3) is 2.12. The molecule has 15 heavy (non-hydrogen) atoms. The number of nitrogen functional groups attached to an aromatic ring is 1. The summed E-state index contributed by atoms with van der Waals surface area (Å²) >= 11 is 0. The Morgan fingerprint density at radius 3 is 3.00 bits per heavy atom. The monoisotopic (exact) mass is 203 g/mol. The molecule has 78 valence electrons. The summed E-state index contributed by atoms with van der Waals surface area (Å²) in [6.07, 6.45) is 6.28. The first-order valence-corrected chi connectivity index (χ1v) is 4.90. The van der Waals surface area contributed by atoms with Crippen molar-refractivity contribution in [1.82, 2.24) is 19.7 Å². The van der Waals surface area contributed by atoms with Crippen molar-refractivity contribution in [2.24, 2.45) is 0 Å². The number of aryl methyl sites for hydroxylation is 1. The second-order valence-corrected chi connectivity index (χ2v) is 3.32. The van der Waals surface area contributed by atoms with E-state index in [1.165, 1.54) is 6.33 Å². The molecule has 0 radical (unpaired) electrons. The molecule has 2 rings (SSSR count). The van der Waals surface area contributed by atoms with E-state index in [2.05, 4.69) is 22.0 Å². The molecule has 0 fully saturated rings. The molecule has 0 unspecified atom stereocenters. The smallest absolute Gasteiger partial charge is 0.127 e. The molecule has 2 heterocycles.